The molecule has 0 aromatic heterocycles. The Morgan fingerprint density at radius 2 is 1.47 bits per heavy atom. The highest BCUT2D eigenvalue weighted by Crippen LogP contribution is 2.54. The second-order valence-electron chi connectivity index (χ2n) is 10.8. The standard InChI is InChI=1S/C28H27BrF7NO5S/c1-42-24(39)18-7-5-17(6-8-18)23(38)37-14-13-25(16-37,43(40,41)22-4-2-3-21(29)15-22)19-9-11-20(12-10-19)26(30,27(31,32)33)28(34,35)36/h2-4,9-12,15,17-18H,5-8,13-14,16H2,1H3/t17-,18-,25-/m0/s1. The average molecular weight is 702 g/mol. The maximum atomic E-state index is 14.7. The van der Waals surface area contributed by atoms with Gasteiger partial charge in [-0.15, -0.1) is 0 Å². The third-order valence-corrected chi connectivity index (χ3v) is 11.3. The van der Waals surface area contributed by atoms with Crippen molar-refractivity contribution >= 4 is 37.6 Å². The third-order valence-electron chi connectivity index (χ3n) is 8.37. The molecule has 0 unspecified atom stereocenters. The van der Waals surface area contributed by atoms with Crippen LogP contribution in [-0.2, 0) is 34.6 Å². The summed E-state index contributed by atoms with van der Waals surface area (Å²) in [7, 11) is -3.16. The molecule has 2 aliphatic rings. The summed E-state index contributed by atoms with van der Waals surface area (Å²) in [5, 5.41) is 0. The van der Waals surface area contributed by atoms with Crippen LogP contribution >= 0.6 is 15.9 Å². The summed E-state index contributed by atoms with van der Waals surface area (Å²) in [6.07, 6.45) is -11.4. The molecule has 0 radical (unpaired) electrons. The topological polar surface area (TPSA) is 80.8 Å². The number of methoxy groups -OCH3 is 1. The number of esters is 1. The summed E-state index contributed by atoms with van der Waals surface area (Å²) in [6.45, 7) is -0.501. The second kappa shape index (κ2) is 11.7. The van der Waals surface area contributed by atoms with E-state index in [9.17, 15) is 48.7 Å². The Kier molecular flexibility index (Phi) is 9.02. The zero-order valence-corrected chi connectivity index (χ0v) is 25.0. The van der Waals surface area contributed by atoms with Gasteiger partial charge < -0.3 is 9.64 Å². The summed E-state index contributed by atoms with van der Waals surface area (Å²) in [6, 6.07) is 7.64. The molecule has 2 aromatic carbocycles. The molecular weight excluding hydrogens is 675 g/mol. The highest BCUT2D eigenvalue weighted by Gasteiger charge is 2.73. The summed E-state index contributed by atoms with van der Waals surface area (Å²) >= 11 is 3.20. The molecule has 0 N–H and O–H groups in total. The molecule has 2 fully saturated rings. The number of rotatable bonds is 6. The smallest absolute Gasteiger partial charge is 0.435 e. The van der Waals surface area contributed by atoms with Gasteiger partial charge in [0.2, 0.25) is 5.91 Å². The van der Waals surface area contributed by atoms with Crippen molar-refractivity contribution in [1.29, 1.82) is 0 Å². The van der Waals surface area contributed by atoms with E-state index in [1.165, 1.54) is 30.2 Å². The number of nitrogens with zero attached hydrogens (tertiary/aromatic N) is 1. The minimum atomic E-state index is -6.34. The first-order valence-electron chi connectivity index (χ1n) is 13.2. The van der Waals surface area contributed by atoms with Gasteiger partial charge in [0.1, 0.15) is 4.75 Å². The van der Waals surface area contributed by atoms with Crippen LogP contribution in [0.2, 0.25) is 0 Å². The molecule has 0 spiro atoms. The molecule has 1 amide bonds. The molecule has 0 bridgehead atoms. The van der Waals surface area contributed by atoms with Crippen molar-refractivity contribution in [2.24, 2.45) is 11.8 Å². The predicted molar refractivity (Wildman–Crippen MR) is 143 cm³/mol. The zero-order valence-electron chi connectivity index (χ0n) is 22.6. The quantitative estimate of drug-likeness (QED) is 0.250. The van der Waals surface area contributed by atoms with Gasteiger partial charge in [0.15, 0.2) is 9.84 Å². The highest BCUT2D eigenvalue weighted by molar-refractivity contribution is 9.10. The molecule has 236 valence electrons. The number of carbonyl (C=O) groups is 2. The highest BCUT2D eigenvalue weighted by atomic mass is 79.9. The minimum Gasteiger partial charge on any atom is -0.469 e. The van der Waals surface area contributed by atoms with E-state index in [4.69, 9.17) is 4.74 Å². The van der Waals surface area contributed by atoms with Crippen LogP contribution in [0.25, 0.3) is 0 Å². The van der Waals surface area contributed by atoms with Crippen molar-refractivity contribution in [2.75, 3.05) is 20.2 Å². The largest absolute Gasteiger partial charge is 0.469 e. The normalized spacial score (nSPS) is 23.7. The van der Waals surface area contributed by atoms with Crippen molar-refractivity contribution in [2.45, 2.75) is 59.8 Å². The van der Waals surface area contributed by atoms with Crippen LogP contribution in [0.5, 0.6) is 0 Å². The van der Waals surface area contributed by atoms with Gasteiger partial charge in [0.25, 0.3) is 0 Å². The molecule has 43 heavy (non-hydrogen) atoms. The Morgan fingerprint density at radius 1 is 0.907 bits per heavy atom. The Bertz CT molecular complexity index is 1460. The first kappa shape index (κ1) is 33.2. The van der Waals surface area contributed by atoms with Crippen LogP contribution in [0.15, 0.2) is 57.9 Å². The van der Waals surface area contributed by atoms with Crippen molar-refractivity contribution in [3.05, 3.63) is 64.1 Å². The number of alkyl halides is 7. The Labute approximate surface area is 251 Å². The molecule has 15 heteroatoms. The molecular formula is C28H27BrF7NO5S. The van der Waals surface area contributed by atoms with E-state index in [1.807, 2.05) is 0 Å². The van der Waals surface area contributed by atoms with E-state index in [-0.39, 0.29) is 53.4 Å². The molecule has 1 heterocycles. The lowest BCUT2D eigenvalue weighted by atomic mass is 9.81. The van der Waals surface area contributed by atoms with Crippen molar-refractivity contribution < 1.29 is 53.5 Å². The lowest BCUT2D eigenvalue weighted by molar-refractivity contribution is -0.348. The van der Waals surface area contributed by atoms with E-state index >= 15 is 0 Å². The molecule has 1 aliphatic heterocycles. The molecule has 2 aromatic rings. The molecule has 1 atom stereocenters. The van der Waals surface area contributed by atoms with Crippen LogP contribution in [0.4, 0.5) is 30.7 Å². The first-order chi connectivity index (χ1) is 19.9. The average Bonchev–Trinajstić information content (AvgIpc) is 3.42. The van der Waals surface area contributed by atoms with Gasteiger partial charge in [0.05, 0.1) is 17.9 Å². The van der Waals surface area contributed by atoms with E-state index in [0.717, 1.165) is 12.1 Å². The summed E-state index contributed by atoms with van der Waals surface area (Å²) in [4.78, 5) is 26.5. The minimum absolute atomic E-state index is 0.0666. The fourth-order valence-corrected chi connectivity index (χ4v) is 8.61. The van der Waals surface area contributed by atoms with Crippen LogP contribution in [0, 0.1) is 11.8 Å². The number of hydrogen-bond acceptors (Lipinski definition) is 5. The first-order valence-corrected chi connectivity index (χ1v) is 15.5. The van der Waals surface area contributed by atoms with Crippen LogP contribution in [0.3, 0.4) is 0 Å². The fourth-order valence-electron chi connectivity index (χ4n) is 5.93. The number of carbonyl (C=O) groups excluding carboxylic acids is 2. The number of halogens is 8. The van der Waals surface area contributed by atoms with Gasteiger partial charge in [-0.3, -0.25) is 9.59 Å². The molecule has 1 saturated heterocycles. The van der Waals surface area contributed by atoms with Crippen LogP contribution < -0.4 is 0 Å². The number of sulfone groups is 1. The Hall–Kier alpha value is -2.68. The van der Waals surface area contributed by atoms with Crippen LogP contribution in [0.1, 0.15) is 43.2 Å². The van der Waals surface area contributed by atoms with Crippen molar-refractivity contribution in [1.82, 2.24) is 4.90 Å². The van der Waals surface area contributed by atoms with E-state index in [2.05, 4.69) is 15.9 Å². The summed E-state index contributed by atoms with van der Waals surface area (Å²) < 4.78 is 126. The lowest BCUT2D eigenvalue weighted by Crippen LogP contribution is -2.50. The Morgan fingerprint density at radius 3 is 1.98 bits per heavy atom. The summed E-state index contributed by atoms with van der Waals surface area (Å²) in [5.41, 5.74) is -7.62. The van der Waals surface area contributed by atoms with E-state index < -0.39 is 50.6 Å². The molecule has 1 aliphatic carbocycles. The molecule has 1 saturated carbocycles. The van der Waals surface area contributed by atoms with E-state index in [0.29, 0.717) is 30.2 Å². The van der Waals surface area contributed by atoms with Gasteiger partial charge >= 0.3 is 24.0 Å². The number of hydrogen-bond donors (Lipinski definition) is 0. The molecule has 4 rings (SSSR count). The van der Waals surface area contributed by atoms with Gasteiger partial charge in [-0.1, -0.05) is 46.3 Å². The van der Waals surface area contributed by atoms with Gasteiger partial charge in [-0.25, -0.2) is 12.8 Å². The zero-order chi connectivity index (χ0) is 32.0. The van der Waals surface area contributed by atoms with E-state index in [1.54, 1.807) is 6.07 Å². The second-order valence-corrected chi connectivity index (χ2v) is 13.9. The van der Waals surface area contributed by atoms with Gasteiger partial charge in [-0.05, 0) is 55.9 Å². The maximum absolute atomic E-state index is 14.7. The summed E-state index contributed by atoms with van der Waals surface area (Å²) in [5.74, 6) is -1.64. The predicted octanol–water partition coefficient (Wildman–Crippen LogP) is 6.62. The number of amides is 1. The maximum Gasteiger partial charge on any atom is 0.435 e. The monoisotopic (exact) mass is 701 g/mol. The van der Waals surface area contributed by atoms with Crippen LogP contribution in [-0.4, -0.2) is 57.7 Å². The lowest BCUT2D eigenvalue weighted by Gasteiger charge is -2.33. The van der Waals surface area contributed by atoms with Crippen molar-refractivity contribution in [3.8, 4) is 0 Å². The van der Waals surface area contributed by atoms with Crippen molar-refractivity contribution in [3.63, 3.8) is 0 Å². The number of ether oxygens (including phenoxy) is 1. The van der Waals surface area contributed by atoms with Gasteiger partial charge in [-0.2, -0.15) is 26.3 Å². The Balaban J connectivity index is 1.73. The number of likely N-dealkylation sites (tertiary alicyclic amines) is 1. The third kappa shape index (κ3) is 5.78. The number of benzene rings is 2. The SMILES string of the molecule is COC(=O)[C@H]1CC[C@H](C(=O)N2CC[C@](c3ccc(C(F)(C(F)(F)F)C(F)(F)F)cc3)(S(=O)(=O)c3cccc(Br)c3)C2)CC1. The van der Waals surface area contributed by atoms with Gasteiger partial charge in [0, 0.05) is 29.0 Å². The molecule has 6 nitrogen and oxygen atoms in total. The fraction of sp³-hybridized carbons (Fsp3) is 0.500.